The minimum Gasteiger partial charge on any atom is -0.336 e. The van der Waals surface area contributed by atoms with Gasteiger partial charge in [0.05, 0.1) is 5.69 Å². The number of hydrogen-bond donors (Lipinski definition) is 0. The van der Waals surface area contributed by atoms with Gasteiger partial charge in [0.25, 0.3) is 5.91 Å². The predicted molar refractivity (Wildman–Crippen MR) is 108 cm³/mol. The summed E-state index contributed by atoms with van der Waals surface area (Å²) in [7, 11) is 0. The molecule has 1 aromatic carbocycles. The first kappa shape index (κ1) is 17.8. The normalized spacial score (nSPS) is 15.1. The molecule has 0 atom stereocenters. The van der Waals surface area contributed by atoms with E-state index in [1.165, 1.54) is 5.56 Å². The number of carbonyl (C=O) groups is 1. The molecule has 4 rings (SSSR count). The number of carbonyl (C=O) groups excluding carboxylic acids is 1. The molecule has 1 fully saturated rings. The lowest BCUT2D eigenvalue weighted by Crippen LogP contribution is -2.48. The second-order valence-corrected chi connectivity index (χ2v) is 7.64. The van der Waals surface area contributed by atoms with Gasteiger partial charge in [-0.2, -0.15) is 0 Å². The highest BCUT2D eigenvalue weighted by Gasteiger charge is 2.22. The SMILES string of the molecule is Cc1cccnc1CN1CCN(C(=O)c2ccc(-c3nccs3)cc2)CC1. The van der Waals surface area contributed by atoms with Crippen molar-refractivity contribution in [2.24, 2.45) is 0 Å². The van der Waals surface area contributed by atoms with Crippen molar-refractivity contribution in [1.82, 2.24) is 19.8 Å². The summed E-state index contributed by atoms with van der Waals surface area (Å²) in [6, 6.07) is 11.8. The third-order valence-corrected chi connectivity index (χ3v) is 5.78. The highest BCUT2D eigenvalue weighted by atomic mass is 32.1. The number of hydrogen-bond acceptors (Lipinski definition) is 5. The Morgan fingerprint density at radius 3 is 2.48 bits per heavy atom. The van der Waals surface area contributed by atoms with E-state index in [9.17, 15) is 4.79 Å². The number of benzene rings is 1. The molecule has 0 radical (unpaired) electrons. The van der Waals surface area contributed by atoms with E-state index in [-0.39, 0.29) is 5.91 Å². The summed E-state index contributed by atoms with van der Waals surface area (Å²) in [5.41, 5.74) is 4.13. The van der Waals surface area contributed by atoms with Crippen molar-refractivity contribution in [2.75, 3.05) is 26.2 Å². The number of amides is 1. The quantitative estimate of drug-likeness (QED) is 0.697. The fourth-order valence-electron chi connectivity index (χ4n) is 3.31. The Morgan fingerprint density at radius 2 is 1.81 bits per heavy atom. The number of nitrogens with zero attached hydrogens (tertiary/aromatic N) is 4. The monoisotopic (exact) mass is 378 g/mol. The van der Waals surface area contributed by atoms with Crippen molar-refractivity contribution in [1.29, 1.82) is 0 Å². The van der Waals surface area contributed by atoms with Crippen LogP contribution in [0.1, 0.15) is 21.6 Å². The molecule has 0 bridgehead atoms. The van der Waals surface area contributed by atoms with Crippen LogP contribution in [-0.4, -0.2) is 51.9 Å². The van der Waals surface area contributed by atoms with E-state index in [0.29, 0.717) is 0 Å². The summed E-state index contributed by atoms with van der Waals surface area (Å²) < 4.78 is 0. The summed E-state index contributed by atoms with van der Waals surface area (Å²) in [6.07, 6.45) is 3.64. The Bertz CT molecular complexity index is 900. The zero-order valence-corrected chi connectivity index (χ0v) is 16.2. The molecule has 0 spiro atoms. The van der Waals surface area contributed by atoms with Crippen LogP contribution in [0.4, 0.5) is 0 Å². The third-order valence-electron chi connectivity index (χ3n) is 4.96. The van der Waals surface area contributed by atoms with Crippen LogP contribution in [0.3, 0.4) is 0 Å². The van der Waals surface area contributed by atoms with Crippen molar-refractivity contribution < 1.29 is 4.79 Å². The number of pyridine rings is 1. The van der Waals surface area contributed by atoms with E-state index in [4.69, 9.17) is 0 Å². The molecule has 1 aliphatic rings. The highest BCUT2D eigenvalue weighted by Crippen LogP contribution is 2.22. The largest absolute Gasteiger partial charge is 0.336 e. The zero-order chi connectivity index (χ0) is 18.6. The molecular formula is C21H22N4OS. The molecular weight excluding hydrogens is 356 g/mol. The van der Waals surface area contributed by atoms with Gasteiger partial charge in [0.2, 0.25) is 0 Å². The van der Waals surface area contributed by atoms with Crippen LogP contribution >= 0.6 is 11.3 Å². The van der Waals surface area contributed by atoms with Gasteiger partial charge < -0.3 is 4.90 Å². The van der Waals surface area contributed by atoms with Gasteiger partial charge in [0, 0.05) is 61.6 Å². The summed E-state index contributed by atoms with van der Waals surface area (Å²) in [5, 5.41) is 2.94. The first-order valence-electron chi connectivity index (χ1n) is 9.13. The van der Waals surface area contributed by atoms with Crippen LogP contribution in [0.25, 0.3) is 10.6 Å². The van der Waals surface area contributed by atoms with Gasteiger partial charge in [-0.1, -0.05) is 18.2 Å². The number of thiazole rings is 1. The lowest BCUT2D eigenvalue weighted by Gasteiger charge is -2.34. The topological polar surface area (TPSA) is 49.3 Å². The first-order valence-corrected chi connectivity index (χ1v) is 10.0. The molecule has 6 heteroatoms. The van der Waals surface area contributed by atoms with Crippen molar-refractivity contribution in [3.8, 4) is 10.6 Å². The maximum atomic E-state index is 12.8. The molecule has 0 unspecified atom stereocenters. The summed E-state index contributed by atoms with van der Waals surface area (Å²) >= 11 is 1.60. The van der Waals surface area contributed by atoms with E-state index < -0.39 is 0 Å². The second kappa shape index (κ2) is 7.98. The first-order chi connectivity index (χ1) is 13.2. The molecule has 2 aromatic heterocycles. The molecule has 27 heavy (non-hydrogen) atoms. The van der Waals surface area contributed by atoms with Gasteiger partial charge in [0.15, 0.2) is 0 Å². The van der Waals surface area contributed by atoms with Gasteiger partial charge in [-0.25, -0.2) is 4.98 Å². The van der Waals surface area contributed by atoms with Gasteiger partial charge in [-0.3, -0.25) is 14.7 Å². The number of aromatic nitrogens is 2. The molecule has 3 aromatic rings. The summed E-state index contributed by atoms with van der Waals surface area (Å²) in [6.45, 7) is 6.19. The third kappa shape index (κ3) is 4.07. The minimum absolute atomic E-state index is 0.106. The lowest BCUT2D eigenvalue weighted by molar-refractivity contribution is 0.0627. The molecule has 1 saturated heterocycles. The van der Waals surface area contributed by atoms with E-state index in [1.54, 1.807) is 17.5 Å². The van der Waals surface area contributed by atoms with Crippen molar-refractivity contribution in [2.45, 2.75) is 13.5 Å². The van der Waals surface area contributed by atoms with E-state index in [1.807, 2.05) is 46.8 Å². The van der Waals surface area contributed by atoms with Crippen LogP contribution in [0.2, 0.25) is 0 Å². The summed E-state index contributed by atoms with van der Waals surface area (Å²) in [5.74, 6) is 0.106. The molecule has 1 amide bonds. The molecule has 138 valence electrons. The fraction of sp³-hybridized carbons (Fsp3) is 0.286. The molecule has 0 saturated carbocycles. The number of rotatable bonds is 4. The maximum absolute atomic E-state index is 12.8. The van der Waals surface area contributed by atoms with Crippen LogP contribution < -0.4 is 0 Å². The summed E-state index contributed by atoms with van der Waals surface area (Å²) in [4.78, 5) is 25.9. The number of piperazine rings is 1. The van der Waals surface area contributed by atoms with Gasteiger partial charge in [-0.05, 0) is 30.7 Å². The minimum atomic E-state index is 0.106. The molecule has 0 aliphatic carbocycles. The standard InChI is InChI=1S/C21H22N4OS/c1-16-3-2-8-22-19(16)15-24-10-12-25(13-11-24)21(26)18-6-4-17(5-7-18)20-23-9-14-27-20/h2-9,14H,10-13,15H2,1H3. The lowest BCUT2D eigenvalue weighted by atomic mass is 10.1. The van der Waals surface area contributed by atoms with Gasteiger partial charge in [0.1, 0.15) is 5.01 Å². The Hall–Kier alpha value is -2.57. The van der Waals surface area contributed by atoms with E-state index in [2.05, 4.69) is 27.9 Å². The van der Waals surface area contributed by atoms with E-state index >= 15 is 0 Å². The highest BCUT2D eigenvalue weighted by molar-refractivity contribution is 7.13. The van der Waals surface area contributed by atoms with Crippen molar-refractivity contribution in [3.63, 3.8) is 0 Å². The van der Waals surface area contributed by atoms with Crippen molar-refractivity contribution in [3.05, 3.63) is 71.0 Å². The average molecular weight is 379 g/mol. The predicted octanol–water partition coefficient (Wildman–Crippen LogP) is 3.47. The Morgan fingerprint density at radius 1 is 1.04 bits per heavy atom. The second-order valence-electron chi connectivity index (χ2n) is 6.75. The fourth-order valence-corrected chi connectivity index (χ4v) is 3.95. The molecule has 1 aliphatic heterocycles. The Kier molecular flexibility index (Phi) is 5.27. The zero-order valence-electron chi connectivity index (χ0n) is 15.3. The Balaban J connectivity index is 1.35. The van der Waals surface area contributed by atoms with Crippen LogP contribution in [0, 0.1) is 6.92 Å². The van der Waals surface area contributed by atoms with Gasteiger partial charge >= 0.3 is 0 Å². The van der Waals surface area contributed by atoms with Crippen molar-refractivity contribution >= 4 is 17.2 Å². The maximum Gasteiger partial charge on any atom is 0.253 e. The Labute approximate surface area is 163 Å². The average Bonchev–Trinajstić information content (AvgIpc) is 3.25. The van der Waals surface area contributed by atoms with E-state index in [0.717, 1.165) is 54.6 Å². The van der Waals surface area contributed by atoms with Crippen LogP contribution in [-0.2, 0) is 6.54 Å². The van der Waals surface area contributed by atoms with Crippen LogP contribution in [0.5, 0.6) is 0 Å². The number of aryl methyl sites for hydroxylation is 1. The molecule has 0 N–H and O–H groups in total. The smallest absolute Gasteiger partial charge is 0.253 e. The van der Waals surface area contributed by atoms with Gasteiger partial charge in [-0.15, -0.1) is 11.3 Å². The molecule has 5 nitrogen and oxygen atoms in total. The molecule has 3 heterocycles. The van der Waals surface area contributed by atoms with Crippen LogP contribution in [0.15, 0.2) is 54.2 Å².